The molecule has 0 aliphatic carbocycles. The molecule has 0 unspecified atom stereocenters. The standard InChI is InChI=1S/C12H15N3O/c13-7-1-9-15-12(16)11-4-2-10(3-5-11)6-8-14/h2-5H,1,6,8-9,14H2,(H,15,16). The van der Waals surface area contributed by atoms with Gasteiger partial charge in [0.25, 0.3) is 5.91 Å². The SMILES string of the molecule is N#CCCNC(=O)c1ccc(CCN)cc1. The lowest BCUT2D eigenvalue weighted by molar-refractivity contribution is 0.0954. The van der Waals surface area contributed by atoms with Gasteiger partial charge in [0, 0.05) is 12.1 Å². The number of nitriles is 1. The average molecular weight is 217 g/mol. The van der Waals surface area contributed by atoms with Crippen LogP contribution in [-0.2, 0) is 6.42 Å². The number of amides is 1. The maximum absolute atomic E-state index is 11.5. The molecule has 4 heteroatoms. The van der Waals surface area contributed by atoms with E-state index in [0.717, 1.165) is 12.0 Å². The van der Waals surface area contributed by atoms with Gasteiger partial charge in [-0.3, -0.25) is 4.79 Å². The van der Waals surface area contributed by atoms with Crippen LogP contribution in [0, 0.1) is 11.3 Å². The normalized spacial score (nSPS) is 9.50. The molecule has 0 atom stereocenters. The van der Waals surface area contributed by atoms with Gasteiger partial charge in [-0.25, -0.2) is 0 Å². The number of nitrogens with two attached hydrogens (primary N) is 1. The fourth-order valence-corrected chi connectivity index (χ4v) is 1.32. The molecule has 16 heavy (non-hydrogen) atoms. The van der Waals surface area contributed by atoms with Crippen LogP contribution in [0.5, 0.6) is 0 Å². The molecule has 0 saturated heterocycles. The van der Waals surface area contributed by atoms with Crippen LogP contribution in [0.25, 0.3) is 0 Å². The van der Waals surface area contributed by atoms with Crippen molar-refractivity contribution in [3.8, 4) is 6.07 Å². The van der Waals surface area contributed by atoms with Crippen LogP contribution >= 0.6 is 0 Å². The Kier molecular flexibility index (Phi) is 5.03. The van der Waals surface area contributed by atoms with Crippen molar-refractivity contribution in [2.24, 2.45) is 5.73 Å². The second kappa shape index (κ2) is 6.59. The Morgan fingerprint density at radius 3 is 2.62 bits per heavy atom. The van der Waals surface area contributed by atoms with E-state index in [1.807, 2.05) is 18.2 Å². The molecule has 0 aliphatic rings. The Balaban J connectivity index is 2.53. The maximum Gasteiger partial charge on any atom is 0.251 e. The Morgan fingerprint density at radius 1 is 1.38 bits per heavy atom. The lowest BCUT2D eigenvalue weighted by Crippen LogP contribution is -2.24. The topological polar surface area (TPSA) is 78.9 Å². The quantitative estimate of drug-likeness (QED) is 0.717. The fraction of sp³-hybridized carbons (Fsp3) is 0.333. The van der Waals surface area contributed by atoms with E-state index in [1.54, 1.807) is 12.1 Å². The predicted molar refractivity (Wildman–Crippen MR) is 61.8 cm³/mol. The summed E-state index contributed by atoms with van der Waals surface area (Å²) in [5, 5.41) is 11.0. The van der Waals surface area contributed by atoms with Gasteiger partial charge < -0.3 is 11.1 Å². The molecule has 1 aromatic carbocycles. The minimum Gasteiger partial charge on any atom is -0.351 e. The number of hydrogen-bond acceptors (Lipinski definition) is 3. The van der Waals surface area contributed by atoms with Gasteiger partial charge in [-0.2, -0.15) is 5.26 Å². The number of carbonyl (C=O) groups is 1. The average Bonchev–Trinajstić information content (AvgIpc) is 2.30. The number of nitrogens with one attached hydrogen (secondary N) is 1. The highest BCUT2D eigenvalue weighted by Crippen LogP contribution is 2.04. The van der Waals surface area contributed by atoms with E-state index in [2.05, 4.69) is 5.32 Å². The Labute approximate surface area is 95.1 Å². The summed E-state index contributed by atoms with van der Waals surface area (Å²) in [6, 6.07) is 9.30. The maximum atomic E-state index is 11.5. The first-order chi connectivity index (χ1) is 7.77. The molecule has 0 aliphatic heterocycles. The molecule has 0 radical (unpaired) electrons. The van der Waals surface area contributed by atoms with E-state index in [9.17, 15) is 4.79 Å². The second-order valence-corrected chi connectivity index (χ2v) is 3.40. The largest absolute Gasteiger partial charge is 0.351 e. The van der Waals surface area contributed by atoms with Crippen molar-refractivity contribution in [2.45, 2.75) is 12.8 Å². The minimum absolute atomic E-state index is 0.144. The number of carbonyl (C=O) groups excluding carboxylic acids is 1. The third-order valence-corrected chi connectivity index (χ3v) is 2.17. The van der Waals surface area contributed by atoms with Gasteiger partial charge in [0.15, 0.2) is 0 Å². The summed E-state index contributed by atoms with van der Waals surface area (Å²) < 4.78 is 0. The van der Waals surface area contributed by atoms with E-state index < -0.39 is 0 Å². The summed E-state index contributed by atoms with van der Waals surface area (Å²) in [5.74, 6) is -0.144. The number of rotatable bonds is 5. The van der Waals surface area contributed by atoms with Crippen LogP contribution in [0.2, 0.25) is 0 Å². The van der Waals surface area contributed by atoms with Crippen LogP contribution < -0.4 is 11.1 Å². The molecule has 0 bridgehead atoms. The smallest absolute Gasteiger partial charge is 0.251 e. The minimum atomic E-state index is -0.144. The summed E-state index contributed by atoms with van der Waals surface area (Å²) in [7, 11) is 0. The number of hydrogen-bond donors (Lipinski definition) is 2. The van der Waals surface area contributed by atoms with Gasteiger partial charge in [0.05, 0.1) is 12.5 Å². The molecule has 1 aromatic rings. The van der Waals surface area contributed by atoms with Crippen molar-refractivity contribution < 1.29 is 4.79 Å². The second-order valence-electron chi connectivity index (χ2n) is 3.40. The molecular weight excluding hydrogens is 202 g/mol. The van der Waals surface area contributed by atoms with Gasteiger partial charge >= 0.3 is 0 Å². The molecule has 4 nitrogen and oxygen atoms in total. The van der Waals surface area contributed by atoms with E-state index in [0.29, 0.717) is 25.1 Å². The first-order valence-electron chi connectivity index (χ1n) is 5.22. The van der Waals surface area contributed by atoms with Crippen molar-refractivity contribution in [1.82, 2.24) is 5.32 Å². The Hall–Kier alpha value is -1.86. The van der Waals surface area contributed by atoms with Gasteiger partial charge in [-0.15, -0.1) is 0 Å². The van der Waals surface area contributed by atoms with Crippen molar-refractivity contribution >= 4 is 5.91 Å². The monoisotopic (exact) mass is 217 g/mol. The molecule has 1 rings (SSSR count). The highest BCUT2D eigenvalue weighted by Gasteiger charge is 2.03. The van der Waals surface area contributed by atoms with Crippen molar-refractivity contribution in [3.63, 3.8) is 0 Å². The zero-order valence-corrected chi connectivity index (χ0v) is 9.07. The molecule has 0 fully saturated rings. The van der Waals surface area contributed by atoms with Gasteiger partial charge in [0.2, 0.25) is 0 Å². The molecule has 84 valence electrons. The molecular formula is C12H15N3O. The summed E-state index contributed by atoms with van der Waals surface area (Å²) in [4.78, 5) is 11.5. The van der Waals surface area contributed by atoms with Gasteiger partial charge in [0.1, 0.15) is 0 Å². The molecule has 0 heterocycles. The highest BCUT2D eigenvalue weighted by atomic mass is 16.1. The van der Waals surface area contributed by atoms with Crippen molar-refractivity contribution in [1.29, 1.82) is 5.26 Å². The summed E-state index contributed by atoms with van der Waals surface area (Å²) >= 11 is 0. The first kappa shape index (κ1) is 12.2. The molecule has 0 spiro atoms. The van der Waals surface area contributed by atoms with Gasteiger partial charge in [-0.05, 0) is 30.7 Å². The Bertz CT molecular complexity index is 378. The van der Waals surface area contributed by atoms with E-state index in [1.165, 1.54) is 0 Å². The molecule has 1 amide bonds. The van der Waals surface area contributed by atoms with Crippen molar-refractivity contribution in [2.75, 3.05) is 13.1 Å². The summed E-state index contributed by atoms with van der Waals surface area (Å²) in [5.41, 5.74) is 7.16. The highest BCUT2D eigenvalue weighted by molar-refractivity contribution is 5.94. The number of nitrogens with zero attached hydrogens (tertiary/aromatic N) is 1. The molecule has 3 N–H and O–H groups in total. The summed E-state index contributed by atoms with van der Waals surface area (Å²) in [6.45, 7) is 0.994. The van der Waals surface area contributed by atoms with E-state index >= 15 is 0 Å². The van der Waals surface area contributed by atoms with E-state index in [4.69, 9.17) is 11.0 Å². The lowest BCUT2D eigenvalue weighted by Gasteiger charge is -2.04. The third-order valence-electron chi connectivity index (χ3n) is 2.17. The fourth-order valence-electron chi connectivity index (χ4n) is 1.32. The molecule has 0 saturated carbocycles. The molecule has 0 aromatic heterocycles. The number of benzene rings is 1. The zero-order chi connectivity index (χ0) is 11.8. The third kappa shape index (κ3) is 3.71. The van der Waals surface area contributed by atoms with Crippen LogP contribution in [0.15, 0.2) is 24.3 Å². The van der Waals surface area contributed by atoms with Crippen molar-refractivity contribution in [3.05, 3.63) is 35.4 Å². The zero-order valence-electron chi connectivity index (χ0n) is 9.07. The lowest BCUT2D eigenvalue weighted by atomic mass is 10.1. The van der Waals surface area contributed by atoms with Gasteiger partial charge in [-0.1, -0.05) is 12.1 Å². The van der Waals surface area contributed by atoms with Crippen LogP contribution in [0.4, 0.5) is 0 Å². The van der Waals surface area contributed by atoms with Crippen LogP contribution in [-0.4, -0.2) is 19.0 Å². The first-order valence-corrected chi connectivity index (χ1v) is 5.22. The van der Waals surface area contributed by atoms with Crippen LogP contribution in [0.3, 0.4) is 0 Å². The predicted octanol–water partition coefficient (Wildman–Crippen LogP) is 0.831. The van der Waals surface area contributed by atoms with E-state index in [-0.39, 0.29) is 5.91 Å². The van der Waals surface area contributed by atoms with Crippen LogP contribution in [0.1, 0.15) is 22.3 Å². The summed E-state index contributed by atoms with van der Waals surface area (Å²) in [6.07, 6.45) is 1.15. The Morgan fingerprint density at radius 2 is 2.06 bits per heavy atom.